The van der Waals surface area contributed by atoms with Gasteiger partial charge in [0.25, 0.3) is 0 Å². The van der Waals surface area contributed by atoms with E-state index in [-0.39, 0.29) is 5.91 Å². The molecule has 0 N–H and O–H groups in total. The molecule has 4 nitrogen and oxygen atoms in total. The molecule has 1 aliphatic heterocycles. The Morgan fingerprint density at radius 2 is 1.96 bits per heavy atom. The Morgan fingerprint density at radius 3 is 2.60 bits per heavy atom. The Hall–Kier alpha value is -2.23. The lowest BCUT2D eigenvalue weighted by atomic mass is 9.98. The van der Waals surface area contributed by atoms with E-state index in [9.17, 15) is 4.79 Å². The number of carbonyl (C=O) groups excluding carboxylic acids is 1. The number of hydrogen-bond donors (Lipinski definition) is 0. The van der Waals surface area contributed by atoms with Gasteiger partial charge in [-0.25, -0.2) is 0 Å². The van der Waals surface area contributed by atoms with Crippen molar-refractivity contribution in [3.63, 3.8) is 0 Å². The van der Waals surface area contributed by atoms with E-state index in [0.29, 0.717) is 5.92 Å². The SMILES string of the molecule is COc1cc2oc(C)c(C)c2cc1/C(C)=C/C(=O)N1CCC(C)CC1. The highest BCUT2D eigenvalue weighted by molar-refractivity contribution is 5.97. The molecular formula is C21H27NO3. The monoisotopic (exact) mass is 341 g/mol. The van der Waals surface area contributed by atoms with Gasteiger partial charge < -0.3 is 14.1 Å². The van der Waals surface area contributed by atoms with Crippen LogP contribution in [0.5, 0.6) is 5.75 Å². The first-order valence-corrected chi connectivity index (χ1v) is 8.96. The van der Waals surface area contributed by atoms with Gasteiger partial charge in [0.2, 0.25) is 5.91 Å². The predicted octanol–water partition coefficient (Wildman–Crippen LogP) is 4.72. The molecule has 0 radical (unpaired) electrons. The lowest BCUT2D eigenvalue weighted by molar-refractivity contribution is -0.127. The van der Waals surface area contributed by atoms with Gasteiger partial charge in [-0.2, -0.15) is 0 Å². The summed E-state index contributed by atoms with van der Waals surface area (Å²) in [7, 11) is 1.65. The van der Waals surface area contributed by atoms with Crippen molar-refractivity contribution in [1.82, 2.24) is 4.90 Å². The van der Waals surface area contributed by atoms with Crippen molar-refractivity contribution in [3.8, 4) is 5.75 Å². The Morgan fingerprint density at radius 1 is 1.28 bits per heavy atom. The first-order chi connectivity index (χ1) is 11.9. The second-order valence-corrected chi connectivity index (χ2v) is 7.17. The number of benzene rings is 1. The number of likely N-dealkylation sites (tertiary alicyclic amines) is 1. The van der Waals surface area contributed by atoms with Crippen LogP contribution in [0.3, 0.4) is 0 Å². The average molecular weight is 341 g/mol. The van der Waals surface area contributed by atoms with Gasteiger partial charge in [0.15, 0.2) is 0 Å². The van der Waals surface area contributed by atoms with Gasteiger partial charge in [-0.05, 0) is 56.7 Å². The summed E-state index contributed by atoms with van der Waals surface area (Å²) in [5.74, 6) is 2.44. The molecule has 4 heteroatoms. The molecule has 0 saturated carbocycles. The maximum absolute atomic E-state index is 12.6. The van der Waals surface area contributed by atoms with Crippen molar-refractivity contribution >= 4 is 22.4 Å². The molecule has 0 unspecified atom stereocenters. The number of methoxy groups -OCH3 is 1. The van der Waals surface area contributed by atoms with E-state index < -0.39 is 0 Å². The van der Waals surface area contributed by atoms with Crippen LogP contribution in [0.15, 0.2) is 22.6 Å². The molecule has 1 amide bonds. The highest BCUT2D eigenvalue weighted by atomic mass is 16.5. The van der Waals surface area contributed by atoms with Crippen LogP contribution in [-0.2, 0) is 4.79 Å². The van der Waals surface area contributed by atoms with Crippen molar-refractivity contribution in [2.24, 2.45) is 5.92 Å². The summed E-state index contributed by atoms with van der Waals surface area (Å²) in [4.78, 5) is 14.6. The summed E-state index contributed by atoms with van der Waals surface area (Å²) in [5.41, 5.74) is 3.81. The van der Waals surface area contributed by atoms with E-state index in [2.05, 4.69) is 19.9 Å². The third kappa shape index (κ3) is 3.44. The fourth-order valence-corrected chi connectivity index (χ4v) is 3.43. The van der Waals surface area contributed by atoms with Crippen molar-refractivity contribution in [1.29, 1.82) is 0 Å². The number of ether oxygens (including phenoxy) is 1. The van der Waals surface area contributed by atoms with E-state index in [4.69, 9.17) is 9.15 Å². The topological polar surface area (TPSA) is 42.7 Å². The fraction of sp³-hybridized carbons (Fsp3) is 0.476. The number of furan rings is 1. The third-order valence-corrected chi connectivity index (χ3v) is 5.36. The van der Waals surface area contributed by atoms with Gasteiger partial charge in [-0.15, -0.1) is 0 Å². The second kappa shape index (κ2) is 6.95. The standard InChI is InChI=1S/C21H27NO3/c1-13-6-8-22(9-7-13)21(23)10-14(2)17-11-18-15(3)16(4)25-20(18)12-19(17)24-5/h10-13H,6-9H2,1-5H3/b14-10+. The maximum atomic E-state index is 12.6. The summed E-state index contributed by atoms with van der Waals surface area (Å²) in [6.07, 6.45) is 3.91. The molecule has 2 heterocycles. The smallest absolute Gasteiger partial charge is 0.246 e. The molecule has 25 heavy (non-hydrogen) atoms. The Balaban J connectivity index is 1.93. The van der Waals surface area contributed by atoms with Crippen LogP contribution in [0.4, 0.5) is 0 Å². The van der Waals surface area contributed by atoms with Crippen molar-refractivity contribution in [2.45, 2.75) is 40.5 Å². The summed E-state index contributed by atoms with van der Waals surface area (Å²) in [6.45, 7) is 9.93. The fourth-order valence-electron chi connectivity index (χ4n) is 3.43. The summed E-state index contributed by atoms with van der Waals surface area (Å²) < 4.78 is 11.3. The first-order valence-electron chi connectivity index (χ1n) is 8.96. The molecule has 134 valence electrons. The quantitative estimate of drug-likeness (QED) is 0.759. The predicted molar refractivity (Wildman–Crippen MR) is 101 cm³/mol. The molecule has 1 aromatic carbocycles. The van der Waals surface area contributed by atoms with E-state index in [1.165, 1.54) is 0 Å². The number of rotatable bonds is 3. The first kappa shape index (κ1) is 17.6. The van der Waals surface area contributed by atoms with Crippen LogP contribution in [-0.4, -0.2) is 31.0 Å². The minimum atomic E-state index is 0.0895. The number of amides is 1. The molecule has 1 saturated heterocycles. The lowest BCUT2D eigenvalue weighted by Crippen LogP contribution is -2.36. The summed E-state index contributed by atoms with van der Waals surface area (Å²) in [6, 6.07) is 3.98. The zero-order valence-electron chi connectivity index (χ0n) is 15.8. The minimum Gasteiger partial charge on any atom is -0.496 e. The van der Waals surface area contributed by atoms with Crippen LogP contribution < -0.4 is 4.74 Å². The van der Waals surface area contributed by atoms with Gasteiger partial charge in [0, 0.05) is 36.2 Å². The van der Waals surface area contributed by atoms with Crippen LogP contribution in [0.2, 0.25) is 0 Å². The molecule has 2 aromatic rings. The third-order valence-electron chi connectivity index (χ3n) is 5.36. The average Bonchev–Trinajstić information content (AvgIpc) is 2.88. The van der Waals surface area contributed by atoms with Crippen LogP contribution in [0.25, 0.3) is 16.5 Å². The van der Waals surface area contributed by atoms with E-state index in [1.807, 2.05) is 24.8 Å². The van der Waals surface area contributed by atoms with Crippen molar-refractivity contribution in [2.75, 3.05) is 20.2 Å². The largest absolute Gasteiger partial charge is 0.496 e. The van der Waals surface area contributed by atoms with Gasteiger partial charge in [-0.1, -0.05) is 6.92 Å². The molecule has 0 bridgehead atoms. The summed E-state index contributed by atoms with van der Waals surface area (Å²) in [5, 5.41) is 1.07. The number of aryl methyl sites for hydroxylation is 2. The number of allylic oxidation sites excluding steroid dienone is 1. The summed E-state index contributed by atoms with van der Waals surface area (Å²) >= 11 is 0. The molecule has 3 rings (SSSR count). The highest BCUT2D eigenvalue weighted by Gasteiger charge is 2.20. The number of hydrogen-bond acceptors (Lipinski definition) is 3. The number of fused-ring (bicyclic) bond motifs is 1. The zero-order valence-corrected chi connectivity index (χ0v) is 15.8. The van der Waals surface area contributed by atoms with E-state index >= 15 is 0 Å². The second-order valence-electron chi connectivity index (χ2n) is 7.17. The Bertz CT molecular complexity index is 823. The minimum absolute atomic E-state index is 0.0895. The molecule has 0 atom stereocenters. The highest BCUT2D eigenvalue weighted by Crippen LogP contribution is 2.34. The number of carbonyl (C=O) groups is 1. The van der Waals surface area contributed by atoms with E-state index in [1.54, 1.807) is 13.2 Å². The van der Waals surface area contributed by atoms with Crippen molar-refractivity contribution < 1.29 is 13.9 Å². The molecule has 1 aromatic heterocycles. The van der Waals surface area contributed by atoms with Crippen LogP contribution in [0, 0.1) is 19.8 Å². The zero-order chi connectivity index (χ0) is 18.1. The van der Waals surface area contributed by atoms with Crippen LogP contribution >= 0.6 is 0 Å². The Labute approximate surface area is 149 Å². The molecule has 0 aliphatic carbocycles. The van der Waals surface area contributed by atoms with Gasteiger partial charge in [0.1, 0.15) is 17.1 Å². The Kier molecular flexibility index (Phi) is 4.89. The molecular weight excluding hydrogens is 314 g/mol. The van der Waals surface area contributed by atoms with Crippen molar-refractivity contribution in [3.05, 3.63) is 35.1 Å². The number of nitrogens with zero attached hydrogens (tertiary/aromatic N) is 1. The van der Waals surface area contributed by atoms with Gasteiger partial charge in [-0.3, -0.25) is 4.79 Å². The number of piperidine rings is 1. The molecule has 1 aliphatic rings. The van der Waals surface area contributed by atoms with Gasteiger partial charge in [0.05, 0.1) is 7.11 Å². The van der Waals surface area contributed by atoms with Crippen LogP contribution in [0.1, 0.15) is 43.6 Å². The van der Waals surface area contributed by atoms with E-state index in [0.717, 1.165) is 65.1 Å². The lowest BCUT2D eigenvalue weighted by Gasteiger charge is -2.29. The molecule has 1 fully saturated rings. The normalized spacial score (nSPS) is 16.5. The van der Waals surface area contributed by atoms with Gasteiger partial charge >= 0.3 is 0 Å². The molecule has 0 spiro atoms. The maximum Gasteiger partial charge on any atom is 0.246 e.